The van der Waals surface area contributed by atoms with Gasteiger partial charge in [-0.1, -0.05) is 13.5 Å². The SMILES string of the molecule is C.COc1cc2c(C)[nH]c(=O)c(Cc3cnc4cccc(OC)c4c3)c2cc1OC. The van der Waals surface area contributed by atoms with Crippen LogP contribution in [0, 0.1) is 6.92 Å². The van der Waals surface area contributed by atoms with E-state index in [1.54, 1.807) is 27.5 Å². The Bertz CT molecular complexity index is 1280. The van der Waals surface area contributed by atoms with Crippen LogP contribution in [0.2, 0.25) is 0 Å². The molecule has 0 saturated heterocycles. The topological polar surface area (TPSA) is 73.4 Å². The van der Waals surface area contributed by atoms with Gasteiger partial charge in [-0.15, -0.1) is 0 Å². The van der Waals surface area contributed by atoms with Gasteiger partial charge in [0.15, 0.2) is 11.5 Å². The molecule has 0 bridgehead atoms. The number of aryl methyl sites for hydroxylation is 1. The molecule has 0 aliphatic heterocycles. The maximum atomic E-state index is 12.8. The fourth-order valence-electron chi connectivity index (χ4n) is 3.69. The second-order valence-electron chi connectivity index (χ2n) is 6.86. The van der Waals surface area contributed by atoms with Crippen LogP contribution in [0.5, 0.6) is 17.2 Å². The summed E-state index contributed by atoms with van der Waals surface area (Å²) in [6, 6.07) is 11.5. The average molecular weight is 406 g/mol. The minimum absolute atomic E-state index is 0. The fraction of sp³-hybridized carbons (Fsp3) is 0.250. The van der Waals surface area contributed by atoms with Crippen LogP contribution in [0.3, 0.4) is 0 Å². The molecule has 2 aromatic heterocycles. The second kappa shape index (κ2) is 8.45. The summed E-state index contributed by atoms with van der Waals surface area (Å²) >= 11 is 0. The molecular formula is C24H26N2O4. The van der Waals surface area contributed by atoms with Gasteiger partial charge in [-0.05, 0) is 48.2 Å². The molecule has 0 unspecified atom stereocenters. The predicted molar refractivity (Wildman–Crippen MR) is 120 cm³/mol. The standard InChI is InChI=1S/C23H22N2O4.CH4/c1-13-15-10-21(28-3)22(29-4)11-16(15)17(23(26)25-13)8-14-9-18-19(24-12-14)6-5-7-20(18)27-2;/h5-7,9-12H,8H2,1-4H3,(H,25,26);1H4. The number of aromatic amines is 1. The van der Waals surface area contributed by atoms with Crippen molar-refractivity contribution in [1.82, 2.24) is 9.97 Å². The van der Waals surface area contributed by atoms with Crippen LogP contribution in [-0.4, -0.2) is 31.3 Å². The number of ether oxygens (including phenoxy) is 3. The quantitative estimate of drug-likeness (QED) is 0.523. The summed E-state index contributed by atoms with van der Waals surface area (Å²) in [5, 5.41) is 2.67. The van der Waals surface area contributed by atoms with Gasteiger partial charge in [-0.2, -0.15) is 0 Å². The lowest BCUT2D eigenvalue weighted by atomic mass is 9.98. The Labute approximate surface area is 175 Å². The number of aromatic nitrogens is 2. The van der Waals surface area contributed by atoms with E-state index in [9.17, 15) is 4.79 Å². The number of fused-ring (bicyclic) bond motifs is 2. The number of pyridine rings is 2. The number of methoxy groups -OCH3 is 3. The fourth-order valence-corrected chi connectivity index (χ4v) is 3.69. The van der Waals surface area contributed by atoms with Crippen molar-refractivity contribution < 1.29 is 14.2 Å². The summed E-state index contributed by atoms with van der Waals surface area (Å²) in [6.45, 7) is 1.88. The van der Waals surface area contributed by atoms with E-state index in [-0.39, 0.29) is 13.0 Å². The Morgan fingerprint density at radius 2 is 1.57 bits per heavy atom. The number of hydrogen-bond donors (Lipinski definition) is 1. The van der Waals surface area contributed by atoms with Crippen LogP contribution in [0.15, 0.2) is 47.4 Å². The van der Waals surface area contributed by atoms with E-state index in [1.165, 1.54) is 0 Å². The second-order valence-corrected chi connectivity index (χ2v) is 6.86. The van der Waals surface area contributed by atoms with Gasteiger partial charge < -0.3 is 19.2 Å². The normalized spacial score (nSPS) is 10.7. The van der Waals surface area contributed by atoms with Gasteiger partial charge in [0.1, 0.15) is 5.75 Å². The molecule has 6 heteroatoms. The Kier molecular flexibility index (Phi) is 5.96. The monoisotopic (exact) mass is 406 g/mol. The van der Waals surface area contributed by atoms with Gasteiger partial charge in [-0.25, -0.2) is 0 Å². The first-order valence-corrected chi connectivity index (χ1v) is 9.24. The minimum atomic E-state index is -0.123. The van der Waals surface area contributed by atoms with Gasteiger partial charge in [-0.3, -0.25) is 9.78 Å². The van der Waals surface area contributed by atoms with Crippen molar-refractivity contribution in [2.45, 2.75) is 20.8 Å². The maximum absolute atomic E-state index is 12.8. The van der Waals surface area contributed by atoms with Crippen molar-refractivity contribution in [1.29, 1.82) is 0 Å². The third-order valence-electron chi connectivity index (χ3n) is 5.17. The molecule has 0 aliphatic carbocycles. The Morgan fingerprint density at radius 3 is 2.23 bits per heavy atom. The van der Waals surface area contributed by atoms with Gasteiger partial charge in [0.05, 0.1) is 26.8 Å². The average Bonchev–Trinajstić information content (AvgIpc) is 2.75. The summed E-state index contributed by atoms with van der Waals surface area (Å²) in [6.07, 6.45) is 2.23. The lowest BCUT2D eigenvalue weighted by Gasteiger charge is -2.14. The van der Waals surface area contributed by atoms with Crippen LogP contribution in [0.1, 0.15) is 24.2 Å². The highest BCUT2D eigenvalue weighted by atomic mass is 16.5. The highest BCUT2D eigenvalue weighted by Crippen LogP contribution is 2.34. The smallest absolute Gasteiger partial charge is 0.252 e. The van der Waals surface area contributed by atoms with Crippen LogP contribution in [0.4, 0.5) is 0 Å². The first-order chi connectivity index (χ1) is 14.0. The van der Waals surface area contributed by atoms with Crippen LogP contribution in [-0.2, 0) is 6.42 Å². The number of benzene rings is 2. The number of nitrogens with one attached hydrogen (secondary N) is 1. The molecule has 1 N–H and O–H groups in total. The summed E-state index contributed by atoms with van der Waals surface area (Å²) in [4.78, 5) is 20.3. The molecule has 2 heterocycles. The van der Waals surface area contributed by atoms with Crippen molar-refractivity contribution in [2.24, 2.45) is 0 Å². The van der Waals surface area contributed by atoms with Crippen molar-refractivity contribution in [3.63, 3.8) is 0 Å². The number of H-pyrrole nitrogens is 1. The van der Waals surface area contributed by atoms with Crippen molar-refractivity contribution in [2.75, 3.05) is 21.3 Å². The van der Waals surface area contributed by atoms with Crippen molar-refractivity contribution >= 4 is 21.7 Å². The van der Waals surface area contributed by atoms with Crippen molar-refractivity contribution in [3.8, 4) is 17.2 Å². The molecule has 2 aromatic carbocycles. The number of hydrogen-bond acceptors (Lipinski definition) is 5. The first-order valence-electron chi connectivity index (χ1n) is 9.24. The van der Waals surface area contributed by atoms with E-state index in [0.29, 0.717) is 23.5 Å². The molecule has 0 saturated carbocycles. The Hall–Kier alpha value is -3.54. The molecule has 0 amide bonds. The lowest BCUT2D eigenvalue weighted by Crippen LogP contribution is -2.15. The molecule has 156 valence electrons. The van der Waals surface area contributed by atoms with Crippen molar-refractivity contribution in [3.05, 3.63) is 69.8 Å². The maximum Gasteiger partial charge on any atom is 0.252 e. The highest BCUT2D eigenvalue weighted by molar-refractivity contribution is 5.91. The minimum Gasteiger partial charge on any atom is -0.496 e. The van der Waals surface area contributed by atoms with E-state index in [1.807, 2.05) is 43.3 Å². The van der Waals surface area contributed by atoms with Gasteiger partial charge in [0.25, 0.3) is 5.56 Å². The molecule has 4 aromatic rings. The third kappa shape index (κ3) is 3.56. The Balaban J connectivity index is 0.00000256. The zero-order chi connectivity index (χ0) is 20.5. The molecule has 6 nitrogen and oxygen atoms in total. The summed E-state index contributed by atoms with van der Waals surface area (Å²) < 4.78 is 16.3. The van der Waals surface area contributed by atoms with Gasteiger partial charge in [0.2, 0.25) is 0 Å². The van der Waals surface area contributed by atoms with E-state index in [4.69, 9.17) is 14.2 Å². The van der Waals surface area contributed by atoms with Crippen LogP contribution >= 0.6 is 0 Å². The molecule has 30 heavy (non-hydrogen) atoms. The van der Waals surface area contributed by atoms with E-state index < -0.39 is 0 Å². The lowest BCUT2D eigenvalue weighted by molar-refractivity contribution is 0.356. The molecule has 0 atom stereocenters. The molecule has 0 spiro atoms. The number of rotatable bonds is 5. The van der Waals surface area contributed by atoms with E-state index in [0.717, 1.165) is 38.7 Å². The molecule has 4 rings (SSSR count). The highest BCUT2D eigenvalue weighted by Gasteiger charge is 2.15. The first kappa shape index (κ1) is 21.2. The van der Waals surface area contributed by atoms with E-state index >= 15 is 0 Å². The summed E-state index contributed by atoms with van der Waals surface area (Å²) in [5.74, 6) is 1.97. The third-order valence-corrected chi connectivity index (χ3v) is 5.17. The Morgan fingerprint density at radius 1 is 0.900 bits per heavy atom. The summed E-state index contributed by atoms with van der Waals surface area (Å²) in [5.41, 5.74) is 3.09. The molecule has 0 fully saturated rings. The predicted octanol–water partition coefficient (Wildman–Crippen LogP) is 4.64. The number of nitrogens with zero attached hydrogens (tertiary/aromatic N) is 1. The summed E-state index contributed by atoms with van der Waals surface area (Å²) in [7, 11) is 4.82. The van der Waals surface area contributed by atoms with E-state index in [2.05, 4.69) is 9.97 Å². The largest absolute Gasteiger partial charge is 0.496 e. The van der Waals surface area contributed by atoms with Crippen LogP contribution in [0.25, 0.3) is 21.7 Å². The van der Waals surface area contributed by atoms with Crippen LogP contribution < -0.4 is 19.8 Å². The zero-order valence-corrected chi connectivity index (χ0v) is 16.8. The molecular weight excluding hydrogens is 380 g/mol. The van der Waals surface area contributed by atoms with Gasteiger partial charge in [0, 0.05) is 34.6 Å². The zero-order valence-electron chi connectivity index (χ0n) is 16.8. The molecule has 0 aliphatic rings. The molecule has 0 radical (unpaired) electrons. The van der Waals surface area contributed by atoms with Gasteiger partial charge >= 0.3 is 0 Å².